The summed E-state index contributed by atoms with van der Waals surface area (Å²) in [6.07, 6.45) is 2.09. The fraction of sp³-hybridized carbons (Fsp3) is 0.200. The van der Waals surface area contributed by atoms with Crippen molar-refractivity contribution >= 4 is 27.5 Å². The molecule has 0 bridgehead atoms. The van der Waals surface area contributed by atoms with E-state index in [1.807, 2.05) is 19.9 Å². The second-order valence-electron chi connectivity index (χ2n) is 4.66. The van der Waals surface area contributed by atoms with Gasteiger partial charge in [-0.1, -0.05) is 27.6 Å². The standard InChI is InChI=1S/C15H13BrO3/c1-8(2)3-5-11-13(17)10-6-4-9(16)7-12(10)15(19)14(11)18/h3-4,6-7,18H,5H2,1-2H3. The van der Waals surface area contributed by atoms with Gasteiger partial charge in [-0.25, -0.2) is 0 Å². The average molecular weight is 321 g/mol. The molecule has 0 aliphatic heterocycles. The molecule has 4 heteroatoms. The van der Waals surface area contributed by atoms with Gasteiger partial charge in [-0.15, -0.1) is 0 Å². The maximum absolute atomic E-state index is 12.3. The summed E-state index contributed by atoms with van der Waals surface area (Å²) in [5.74, 6) is -1.21. The largest absolute Gasteiger partial charge is 0.504 e. The third kappa shape index (κ3) is 2.54. The Kier molecular flexibility index (Phi) is 3.71. The van der Waals surface area contributed by atoms with Crippen LogP contribution in [0, 0.1) is 0 Å². The van der Waals surface area contributed by atoms with Crippen LogP contribution in [0.15, 0.2) is 45.7 Å². The van der Waals surface area contributed by atoms with Gasteiger partial charge >= 0.3 is 0 Å². The molecule has 98 valence electrons. The summed E-state index contributed by atoms with van der Waals surface area (Å²) < 4.78 is 0.702. The van der Waals surface area contributed by atoms with Gasteiger partial charge in [-0.3, -0.25) is 9.59 Å². The molecular weight excluding hydrogens is 308 g/mol. The van der Waals surface area contributed by atoms with Crippen LogP contribution in [0.4, 0.5) is 0 Å². The second-order valence-corrected chi connectivity index (χ2v) is 5.58. The van der Waals surface area contributed by atoms with Gasteiger partial charge in [0.1, 0.15) is 0 Å². The molecule has 1 aromatic carbocycles. The zero-order valence-corrected chi connectivity index (χ0v) is 12.2. The number of ketones is 2. The van der Waals surface area contributed by atoms with Crippen LogP contribution in [0.5, 0.6) is 0 Å². The summed E-state index contributed by atoms with van der Waals surface area (Å²) in [5, 5.41) is 9.92. The van der Waals surface area contributed by atoms with Crippen molar-refractivity contribution in [2.75, 3.05) is 0 Å². The zero-order valence-electron chi connectivity index (χ0n) is 10.7. The Bertz CT molecular complexity index is 635. The lowest BCUT2D eigenvalue weighted by Gasteiger charge is -2.17. The highest BCUT2D eigenvalue weighted by atomic mass is 79.9. The Balaban J connectivity index is 2.52. The normalized spacial score (nSPS) is 14.5. The van der Waals surface area contributed by atoms with Crippen LogP contribution >= 0.6 is 15.9 Å². The number of Topliss-reactive ketones (excluding diaryl/α,β-unsaturated/α-hetero) is 2. The minimum Gasteiger partial charge on any atom is -0.504 e. The first kappa shape index (κ1) is 13.7. The number of carbonyl (C=O) groups is 2. The Morgan fingerprint density at radius 3 is 2.53 bits per heavy atom. The van der Waals surface area contributed by atoms with E-state index in [0.29, 0.717) is 10.0 Å². The third-order valence-electron chi connectivity index (χ3n) is 2.96. The summed E-state index contributed by atoms with van der Waals surface area (Å²) in [7, 11) is 0. The molecule has 19 heavy (non-hydrogen) atoms. The first-order chi connectivity index (χ1) is 8.91. The van der Waals surface area contributed by atoms with Gasteiger partial charge in [0.15, 0.2) is 11.5 Å². The van der Waals surface area contributed by atoms with Crippen LogP contribution in [0.1, 0.15) is 41.0 Å². The number of rotatable bonds is 2. The van der Waals surface area contributed by atoms with E-state index < -0.39 is 11.5 Å². The molecule has 0 aromatic heterocycles. The van der Waals surface area contributed by atoms with Gasteiger partial charge < -0.3 is 5.11 Å². The molecule has 1 aliphatic carbocycles. The smallest absolute Gasteiger partial charge is 0.228 e. The van der Waals surface area contributed by atoms with Gasteiger partial charge in [0.25, 0.3) is 0 Å². The summed E-state index contributed by atoms with van der Waals surface area (Å²) in [6, 6.07) is 4.88. The summed E-state index contributed by atoms with van der Waals surface area (Å²) in [6.45, 7) is 3.80. The molecule has 1 aliphatic rings. The Morgan fingerprint density at radius 2 is 1.89 bits per heavy atom. The number of carbonyl (C=O) groups excluding carboxylic acids is 2. The van der Waals surface area contributed by atoms with Crippen molar-refractivity contribution < 1.29 is 14.7 Å². The fourth-order valence-corrected chi connectivity index (χ4v) is 2.29. The number of fused-ring (bicyclic) bond motifs is 1. The van der Waals surface area contributed by atoms with E-state index in [0.717, 1.165) is 5.57 Å². The summed E-state index contributed by atoms with van der Waals surface area (Å²) in [4.78, 5) is 24.3. The van der Waals surface area contributed by atoms with E-state index in [9.17, 15) is 14.7 Å². The van der Waals surface area contributed by atoms with Crippen molar-refractivity contribution in [1.29, 1.82) is 0 Å². The number of hydrogen-bond acceptors (Lipinski definition) is 3. The van der Waals surface area contributed by atoms with Gasteiger partial charge in [-0.05, 0) is 38.5 Å². The lowest BCUT2D eigenvalue weighted by Crippen LogP contribution is -2.21. The summed E-state index contributed by atoms with van der Waals surface area (Å²) >= 11 is 3.25. The molecule has 0 unspecified atom stereocenters. The highest BCUT2D eigenvalue weighted by molar-refractivity contribution is 9.10. The first-order valence-corrected chi connectivity index (χ1v) is 6.65. The molecule has 0 saturated heterocycles. The van der Waals surface area contributed by atoms with Crippen LogP contribution in [0.3, 0.4) is 0 Å². The van der Waals surface area contributed by atoms with E-state index in [-0.39, 0.29) is 23.3 Å². The van der Waals surface area contributed by atoms with E-state index in [4.69, 9.17) is 0 Å². The number of allylic oxidation sites excluding steroid dienone is 4. The zero-order chi connectivity index (χ0) is 14.2. The van der Waals surface area contributed by atoms with Crippen LogP contribution in [-0.4, -0.2) is 16.7 Å². The van der Waals surface area contributed by atoms with E-state index >= 15 is 0 Å². The predicted molar refractivity (Wildman–Crippen MR) is 76.5 cm³/mol. The molecule has 0 fully saturated rings. The quantitative estimate of drug-likeness (QED) is 0.838. The Morgan fingerprint density at radius 1 is 1.21 bits per heavy atom. The third-order valence-corrected chi connectivity index (χ3v) is 3.45. The molecule has 0 saturated carbocycles. The molecule has 1 aromatic rings. The van der Waals surface area contributed by atoms with Crippen molar-refractivity contribution in [3.8, 4) is 0 Å². The Labute approximate surface area is 119 Å². The van der Waals surface area contributed by atoms with Gasteiger partial charge in [-0.2, -0.15) is 0 Å². The Hall–Kier alpha value is -1.68. The molecular formula is C15H13BrO3. The lowest BCUT2D eigenvalue weighted by atomic mass is 9.86. The highest BCUT2D eigenvalue weighted by Gasteiger charge is 2.31. The molecule has 3 nitrogen and oxygen atoms in total. The van der Waals surface area contributed by atoms with Crippen LogP contribution in [0.2, 0.25) is 0 Å². The highest BCUT2D eigenvalue weighted by Crippen LogP contribution is 2.29. The molecule has 0 heterocycles. The van der Waals surface area contributed by atoms with Crippen LogP contribution in [0.25, 0.3) is 0 Å². The average Bonchev–Trinajstić information content (AvgIpc) is 2.35. The van der Waals surface area contributed by atoms with Gasteiger partial charge in [0.2, 0.25) is 5.78 Å². The van der Waals surface area contributed by atoms with Crippen LogP contribution < -0.4 is 0 Å². The summed E-state index contributed by atoms with van der Waals surface area (Å²) in [5.41, 5.74) is 1.80. The fourth-order valence-electron chi connectivity index (χ4n) is 1.93. The second kappa shape index (κ2) is 5.13. The van der Waals surface area contributed by atoms with E-state index in [1.165, 1.54) is 0 Å². The van der Waals surface area contributed by atoms with Crippen molar-refractivity contribution in [1.82, 2.24) is 0 Å². The van der Waals surface area contributed by atoms with Crippen molar-refractivity contribution in [2.24, 2.45) is 0 Å². The van der Waals surface area contributed by atoms with E-state index in [1.54, 1.807) is 18.2 Å². The SMILES string of the molecule is CC(C)=CCC1=C(O)C(=O)c2cc(Br)ccc2C1=O. The molecule has 0 spiro atoms. The van der Waals surface area contributed by atoms with Crippen LogP contribution in [-0.2, 0) is 0 Å². The van der Waals surface area contributed by atoms with Crippen molar-refractivity contribution in [3.63, 3.8) is 0 Å². The van der Waals surface area contributed by atoms with Gasteiger partial charge in [0.05, 0.1) is 0 Å². The molecule has 0 radical (unpaired) electrons. The molecule has 0 amide bonds. The topological polar surface area (TPSA) is 54.4 Å². The van der Waals surface area contributed by atoms with Crippen molar-refractivity contribution in [2.45, 2.75) is 20.3 Å². The minimum absolute atomic E-state index is 0.168. The molecule has 0 atom stereocenters. The number of benzene rings is 1. The number of halogens is 1. The molecule has 1 N–H and O–H groups in total. The first-order valence-electron chi connectivity index (χ1n) is 5.86. The lowest BCUT2D eigenvalue weighted by molar-refractivity contribution is 0.0927. The maximum atomic E-state index is 12.3. The van der Waals surface area contributed by atoms with Gasteiger partial charge in [0, 0.05) is 21.2 Å². The predicted octanol–water partition coefficient (Wildman–Crippen LogP) is 4.00. The number of aliphatic hydroxyl groups excluding tert-OH is 1. The molecule has 2 rings (SSSR count). The minimum atomic E-state index is -0.493. The number of aliphatic hydroxyl groups is 1. The number of hydrogen-bond donors (Lipinski definition) is 1. The monoisotopic (exact) mass is 320 g/mol. The van der Waals surface area contributed by atoms with Crippen molar-refractivity contribution in [3.05, 3.63) is 56.8 Å². The van der Waals surface area contributed by atoms with E-state index in [2.05, 4.69) is 15.9 Å². The maximum Gasteiger partial charge on any atom is 0.228 e.